The number of halogens is 3. The van der Waals surface area contributed by atoms with E-state index < -0.39 is 29.7 Å². The smallest absolute Gasteiger partial charge is 0.337 e. The molecule has 0 aliphatic heterocycles. The van der Waals surface area contributed by atoms with Crippen LogP contribution in [0, 0.1) is 5.82 Å². The van der Waals surface area contributed by atoms with Crippen LogP contribution in [0.1, 0.15) is 27.4 Å². The molecule has 0 saturated carbocycles. The molecule has 0 aliphatic rings. The maximum Gasteiger partial charge on any atom is 0.337 e. The average molecular weight is 519 g/mol. The Balaban J connectivity index is 1.97. The van der Waals surface area contributed by atoms with Gasteiger partial charge in [-0.25, -0.2) is 9.18 Å². The van der Waals surface area contributed by atoms with Crippen LogP contribution >= 0.6 is 23.2 Å². The molecular formula is C26H25Cl2FN2O4. The molecule has 0 aliphatic carbocycles. The highest BCUT2D eigenvalue weighted by Gasteiger charge is 2.31. The van der Waals surface area contributed by atoms with Gasteiger partial charge in [0, 0.05) is 16.0 Å². The minimum absolute atomic E-state index is 0.160. The van der Waals surface area contributed by atoms with Crippen molar-refractivity contribution in [3.8, 4) is 5.75 Å². The normalized spacial score (nSPS) is 12.5. The Morgan fingerprint density at radius 3 is 2.43 bits per heavy atom. The summed E-state index contributed by atoms with van der Waals surface area (Å²) in [6, 6.07) is 15.2. The summed E-state index contributed by atoms with van der Waals surface area (Å²) >= 11 is 12.6. The van der Waals surface area contributed by atoms with Crippen LogP contribution in [0.3, 0.4) is 0 Å². The van der Waals surface area contributed by atoms with Gasteiger partial charge in [0.1, 0.15) is 11.6 Å². The zero-order valence-corrected chi connectivity index (χ0v) is 20.9. The Hall–Kier alpha value is -3.13. The SMILES string of the molecule is CN[C@@H](C(=O)Nc1ccc(C(=O)OC)cc1OC)[C@@H](Cc1cc(Cl)ccc1F)c1ccccc1Cl. The molecule has 2 atom stereocenters. The van der Waals surface area contributed by atoms with Crippen LogP contribution in [0.5, 0.6) is 5.75 Å². The highest BCUT2D eigenvalue weighted by molar-refractivity contribution is 6.31. The number of nitrogens with one attached hydrogen (secondary N) is 2. The topological polar surface area (TPSA) is 76.7 Å². The number of methoxy groups -OCH3 is 2. The summed E-state index contributed by atoms with van der Waals surface area (Å²) in [5.74, 6) is -1.62. The fourth-order valence-electron chi connectivity index (χ4n) is 3.88. The Labute approximate surface area is 213 Å². The Kier molecular flexibility index (Phi) is 9.09. The van der Waals surface area contributed by atoms with Crippen molar-refractivity contribution in [2.24, 2.45) is 0 Å². The summed E-state index contributed by atoms with van der Waals surface area (Å²) < 4.78 is 24.7. The van der Waals surface area contributed by atoms with Crippen molar-refractivity contribution in [3.63, 3.8) is 0 Å². The number of amides is 1. The number of anilines is 1. The summed E-state index contributed by atoms with van der Waals surface area (Å²) in [7, 11) is 4.34. The number of esters is 1. The molecule has 0 fully saturated rings. The number of ether oxygens (including phenoxy) is 2. The van der Waals surface area contributed by atoms with E-state index in [1.165, 1.54) is 38.5 Å². The number of rotatable bonds is 9. The molecule has 0 radical (unpaired) electrons. The number of benzene rings is 3. The molecule has 35 heavy (non-hydrogen) atoms. The van der Waals surface area contributed by atoms with Crippen molar-refractivity contribution in [1.82, 2.24) is 5.32 Å². The van der Waals surface area contributed by atoms with Gasteiger partial charge in [-0.2, -0.15) is 0 Å². The molecule has 0 spiro atoms. The van der Waals surface area contributed by atoms with Crippen molar-refractivity contribution in [3.05, 3.63) is 93.2 Å². The molecule has 0 unspecified atom stereocenters. The van der Waals surface area contributed by atoms with E-state index >= 15 is 0 Å². The lowest BCUT2D eigenvalue weighted by atomic mass is 9.85. The van der Waals surface area contributed by atoms with Crippen LogP contribution < -0.4 is 15.4 Å². The molecule has 0 heterocycles. The third-order valence-electron chi connectivity index (χ3n) is 5.63. The van der Waals surface area contributed by atoms with Crippen molar-refractivity contribution in [2.45, 2.75) is 18.4 Å². The predicted octanol–water partition coefficient (Wildman–Crippen LogP) is 5.48. The van der Waals surface area contributed by atoms with Crippen LogP contribution in [0.4, 0.5) is 10.1 Å². The Morgan fingerprint density at radius 1 is 1.03 bits per heavy atom. The first-order chi connectivity index (χ1) is 16.8. The molecule has 0 bridgehead atoms. The van der Waals surface area contributed by atoms with Gasteiger partial charge in [-0.3, -0.25) is 4.79 Å². The number of carbonyl (C=O) groups is 2. The second-order valence-corrected chi connectivity index (χ2v) is 8.57. The van der Waals surface area contributed by atoms with Crippen LogP contribution in [0.15, 0.2) is 60.7 Å². The van der Waals surface area contributed by atoms with Crippen LogP contribution in [0.2, 0.25) is 10.0 Å². The largest absolute Gasteiger partial charge is 0.495 e. The lowest BCUT2D eigenvalue weighted by Gasteiger charge is -2.28. The standard InChI is InChI=1S/C26H25Cl2FN2O4/c1-30-24(25(32)31-22-11-8-15(26(33)35-3)14-23(22)34-2)19(18-6-4-5-7-20(18)28)13-16-12-17(27)9-10-21(16)29/h4-12,14,19,24,30H,13H2,1-3H3,(H,31,32)/t19-,24+/m0/s1. The molecule has 0 saturated heterocycles. The predicted molar refractivity (Wildman–Crippen MR) is 135 cm³/mol. The maximum atomic E-state index is 14.6. The highest BCUT2D eigenvalue weighted by atomic mass is 35.5. The molecule has 0 aromatic heterocycles. The van der Waals surface area contributed by atoms with Gasteiger partial charge in [0.25, 0.3) is 0 Å². The monoisotopic (exact) mass is 518 g/mol. The van der Waals surface area contributed by atoms with Gasteiger partial charge in [0.15, 0.2) is 0 Å². The van der Waals surface area contributed by atoms with Crippen LogP contribution in [-0.2, 0) is 16.0 Å². The highest BCUT2D eigenvalue weighted by Crippen LogP contribution is 2.33. The average Bonchev–Trinajstić information content (AvgIpc) is 2.86. The summed E-state index contributed by atoms with van der Waals surface area (Å²) in [6.45, 7) is 0. The van der Waals surface area contributed by atoms with Gasteiger partial charge >= 0.3 is 5.97 Å². The number of hydrogen-bond acceptors (Lipinski definition) is 5. The van der Waals surface area contributed by atoms with Gasteiger partial charge in [-0.15, -0.1) is 0 Å². The minimum atomic E-state index is -0.807. The van der Waals surface area contributed by atoms with Crippen molar-refractivity contribution in [2.75, 3.05) is 26.6 Å². The third kappa shape index (κ3) is 6.31. The molecule has 6 nitrogen and oxygen atoms in total. The zero-order chi connectivity index (χ0) is 25.5. The number of likely N-dealkylation sites (N-methyl/N-ethyl adjacent to an activating group) is 1. The molecule has 3 rings (SSSR count). The van der Waals surface area contributed by atoms with E-state index in [1.807, 2.05) is 6.07 Å². The molecule has 9 heteroatoms. The van der Waals surface area contributed by atoms with Crippen molar-refractivity contribution in [1.29, 1.82) is 0 Å². The van der Waals surface area contributed by atoms with Crippen LogP contribution in [-0.4, -0.2) is 39.2 Å². The fraction of sp³-hybridized carbons (Fsp3) is 0.231. The van der Waals surface area contributed by atoms with Gasteiger partial charge in [0.05, 0.1) is 31.5 Å². The second-order valence-electron chi connectivity index (χ2n) is 7.73. The molecule has 2 N–H and O–H groups in total. The van der Waals surface area contributed by atoms with E-state index in [0.717, 1.165) is 0 Å². The van der Waals surface area contributed by atoms with E-state index in [2.05, 4.69) is 10.6 Å². The fourth-order valence-corrected chi connectivity index (χ4v) is 4.36. The van der Waals surface area contributed by atoms with E-state index in [0.29, 0.717) is 26.9 Å². The maximum absolute atomic E-state index is 14.6. The van der Waals surface area contributed by atoms with E-state index in [4.69, 9.17) is 32.7 Å². The first kappa shape index (κ1) is 26.5. The van der Waals surface area contributed by atoms with Gasteiger partial charge in [-0.05, 0) is 67.1 Å². The summed E-state index contributed by atoms with van der Waals surface area (Å²) in [4.78, 5) is 25.3. The molecule has 3 aromatic rings. The van der Waals surface area contributed by atoms with Crippen LogP contribution in [0.25, 0.3) is 0 Å². The van der Waals surface area contributed by atoms with Gasteiger partial charge < -0.3 is 20.1 Å². The number of hydrogen-bond donors (Lipinski definition) is 2. The third-order valence-corrected chi connectivity index (χ3v) is 6.21. The first-order valence-electron chi connectivity index (χ1n) is 10.7. The molecular weight excluding hydrogens is 494 g/mol. The second kappa shape index (κ2) is 12.0. The summed E-state index contributed by atoms with van der Waals surface area (Å²) in [6.07, 6.45) is 0.160. The lowest BCUT2D eigenvalue weighted by molar-refractivity contribution is -0.118. The quantitative estimate of drug-likeness (QED) is 0.366. The molecule has 3 aromatic carbocycles. The van der Waals surface area contributed by atoms with E-state index in [9.17, 15) is 14.0 Å². The molecule has 184 valence electrons. The van der Waals surface area contributed by atoms with Gasteiger partial charge in [0.2, 0.25) is 5.91 Å². The number of carbonyl (C=O) groups excluding carboxylic acids is 2. The van der Waals surface area contributed by atoms with Crippen molar-refractivity contribution >= 4 is 40.8 Å². The molecule has 1 amide bonds. The van der Waals surface area contributed by atoms with E-state index in [-0.39, 0.29) is 17.7 Å². The zero-order valence-electron chi connectivity index (χ0n) is 19.4. The van der Waals surface area contributed by atoms with Crippen molar-refractivity contribution < 1.29 is 23.5 Å². The van der Waals surface area contributed by atoms with E-state index in [1.54, 1.807) is 37.4 Å². The Bertz CT molecular complexity index is 1220. The Morgan fingerprint density at radius 2 is 1.77 bits per heavy atom. The summed E-state index contributed by atoms with van der Waals surface area (Å²) in [5, 5.41) is 6.71. The first-order valence-corrected chi connectivity index (χ1v) is 11.5. The minimum Gasteiger partial charge on any atom is -0.495 e. The lowest BCUT2D eigenvalue weighted by Crippen LogP contribution is -2.44. The summed E-state index contributed by atoms with van der Waals surface area (Å²) in [5.41, 5.74) is 1.67. The van der Waals surface area contributed by atoms with Gasteiger partial charge in [-0.1, -0.05) is 41.4 Å².